The zero-order valence-corrected chi connectivity index (χ0v) is 11.1. The van der Waals surface area contributed by atoms with E-state index >= 15 is 0 Å². The van der Waals surface area contributed by atoms with Crippen molar-refractivity contribution in [1.82, 2.24) is 0 Å². The van der Waals surface area contributed by atoms with Crippen LogP contribution in [0.1, 0.15) is 26.2 Å². The molecule has 0 saturated carbocycles. The molecule has 0 aromatic rings. The first kappa shape index (κ1) is 13.6. The van der Waals surface area contributed by atoms with Gasteiger partial charge in [-0.15, -0.1) is 6.58 Å². The second-order valence-corrected chi connectivity index (χ2v) is 10.7. The number of carbonyl (C=O) groups is 1. The molecule has 0 radical (unpaired) electrons. The number of ketones is 1. The molecule has 0 saturated heterocycles. The first-order chi connectivity index (χ1) is 6.39. The molecule has 0 bridgehead atoms. The Morgan fingerprint density at radius 2 is 2.00 bits per heavy atom. The number of allylic oxidation sites excluding steroid dienone is 1. The zero-order valence-electron chi connectivity index (χ0n) is 10.1. The molecule has 0 aromatic heterocycles. The molecular formula is C12H24OSi. The van der Waals surface area contributed by atoms with E-state index in [9.17, 15) is 4.79 Å². The minimum absolute atomic E-state index is 0.382. The molecule has 0 spiro atoms. The number of Topliss-reactive ketones (excluding diaryl/α,β-unsaturated/α-hetero) is 1. The monoisotopic (exact) mass is 212 g/mol. The van der Waals surface area contributed by atoms with Crippen molar-refractivity contribution in [1.29, 1.82) is 0 Å². The summed E-state index contributed by atoms with van der Waals surface area (Å²) >= 11 is 0. The van der Waals surface area contributed by atoms with Gasteiger partial charge in [-0.2, -0.15) is 0 Å². The van der Waals surface area contributed by atoms with E-state index in [1.54, 1.807) is 0 Å². The Kier molecular flexibility index (Phi) is 6.01. The lowest BCUT2D eigenvalue weighted by Crippen LogP contribution is -2.23. The Morgan fingerprint density at radius 3 is 2.36 bits per heavy atom. The zero-order chi connectivity index (χ0) is 11.2. The van der Waals surface area contributed by atoms with Crippen LogP contribution in [0.2, 0.25) is 25.7 Å². The lowest BCUT2D eigenvalue weighted by molar-refractivity contribution is -0.118. The van der Waals surface area contributed by atoms with Crippen LogP contribution in [0.25, 0.3) is 0 Å². The highest BCUT2D eigenvalue weighted by atomic mass is 28.3. The third-order valence-electron chi connectivity index (χ3n) is 2.40. The Balaban J connectivity index is 3.92. The van der Waals surface area contributed by atoms with Crippen molar-refractivity contribution in [2.24, 2.45) is 5.92 Å². The van der Waals surface area contributed by atoms with Crippen molar-refractivity contribution in [2.45, 2.75) is 51.9 Å². The van der Waals surface area contributed by atoms with Gasteiger partial charge in [-0.1, -0.05) is 38.7 Å². The Hall–Kier alpha value is -0.373. The highest BCUT2D eigenvalue weighted by Gasteiger charge is 2.18. The van der Waals surface area contributed by atoms with Gasteiger partial charge >= 0.3 is 0 Å². The van der Waals surface area contributed by atoms with Crippen LogP contribution in [0.15, 0.2) is 12.7 Å². The average molecular weight is 212 g/mol. The van der Waals surface area contributed by atoms with Crippen molar-refractivity contribution >= 4 is 13.9 Å². The molecule has 0 amide bonds. The molecule has 2 heteroatoms. The predicted octanol–water partition coefficient (Wildman–Crippen LogP) is 3.89. The van der Waals surface area contributed by atoms with Gasteiger partial charge in [0.15, 0.2) is 0 Å². The van der Waals surface area contributed by atoms with E-state index in [2.05, 4.69) is 26.2 Å². The van der Waals surface area contributed by atoms with Crippen LogP contribution in [0, 0.1) is 5.92 Å². The average Bonchev–Trinajstić information content (AvgIpc) is 2.09. The van der Waals surface area contributed by atoms with Crippen LogP contribution in [-0.2, 0) is 4.79 Å². The highest BCUT2D eigenvalue weighted by molar-refractivity contribution is 6.76. The van der Waals surface area contributed by atoms with Crippen molar-refractivity contribution in [3.8, 4) is 0 Å². The molecule has 0 aromatic carbocycles. The summed E-state index contributed by atoms with van der Waals surface area (Å²) in [7, 11) is -1.01. The lowest BCUT2D eigenvalue weighted by atomic mass is 10.0. The number of hydrogen-bond donors (Lipinski definition) is 0. The second-order valence-electron chi connectivity index (χ2n) is 5.19. The fraction of sp³-hybridized carbons (Fsp3) is 0.750. The van der Waals surface area contributed by atoms with E-state index in [1.165, 1.54) is 6.04 Å². The van der Waals surface area contributed by atoms with Gasteiger partial charge in [0, 0.05) is 20.9 Å². The van der Waals surface area contributed by atoms with Crippen LogP contribution in [-0.4, -0.2) is 13.9 Å². The summed E-state index contributed by atoms with van der Waals surface area (Å²) in [6.45, 7) is 12.9. The van der Waals surface area contributed by atoms with Crippen LogP contribution >= 0.6 is 0 Å². The number of hydrogen-bond acceptors (Lipinski definition) is 1. The van der Waals surface area contributed by atoms with E-state index in [0.717, 1.165) is 12.8 Å². The molecule has 82 valence electrons. The topological polar surface area (TPSA) is 17.1 Å². The standard InChI is InChI=1S/C12H24OSi/c1-6-11(10-14(3,4)5)8-9-12(13)7-2/h6,11H,1,7-10H2,2-5H3. The fourth-order valence-electron chi connectivity index (χ4n) is 1.61. The van der Waals surface area contributed by atoms with E-state index < -0.39 is 8.07 Å². The number of rotatable bonds is 7. The van der Waals surface area contributed by atoms with E-state index in [0.29, 0.717) is 18.1 Å². The molecule has 0 aliphatic carbocycles. The van der Waals surface area contributed by atoms with Crippen LogP contribution < -0.4 is 0 Å². The van der Waals surface area contributed by atoms with Gasteiger partial charge in [-0.25, -0.2) is 0 Å². The minimum Gasteiger partial charge on any atom is -0.300 e. The third kappa shape index (κ3) is 7.07. The molecule has 0 N–H and O–H groups in total. The molecule has 1 nitrogen and oxygen atoms in total. The molecular weight excluding hydrogens is 188 g/mol. The van der Waals surface area contributed by atoms with Gasteiger partial charge in [-0.05, 0) is 12.3 Å². The van der Waals surface area contributed by atoms with E-state index in [4.69, 9.17) is 0 Å². The molecule has 0 heterocycles. The normalized spacial score (nSPS) is 13.7. The third-order valence-corrected chi connectivity index (χ3v) is 4.15. The van der Waals surface area contributed by atoms with Gasteiger partial charge in [-0.3, -0.25) is 4.79 Å². The lowest BCUT2D eigenvalue weighted by Gasteiger charge is -2.21. The maximum Gasteiger partial charge on any atom is 0.132 e. The van der Waals surface area contributed by atoms with Gasteiger partial charge in [0.2, 0.25) is 0 Å². The summed E-state index contributed by atoms with van der Waals surface area (Å²) in [6, 6.07) is 1.26. The molecule has 0 aliphatic rings. The molecule has 0 aliphatic heterocycles. The summed E-state index contributed by atoms with van der Waals surface area (Å²) in [5, 5.41) is 0. The summed E-state index contributed by atoms with van der Waals surface area (Å²) in [4.78, 5) is 11.2. The van der Waals surface area contributed by atoms with E-state index in [-0.39, 0.29) is 0 Å². The van der Waals surface area contributed by atoms with Gasteiger partial charge in [0.1, 0.15) is 5.78 Å². The predicted molar refractivity (Wildman–Crippen MR) is 66.4 cm³/mol. The van der Waals surface area contributed by atoms with Crippen LogP contribution in [0.5, 0.6) is 0 Å². The maximum absolute atomic E-state index is 11.2. The largest absolute Gasteiger partial charge is 0.300 e. The van der Waals surface area contributed by atoms with Gasteiger partial charge < -0.3 is 0 Å². The van der Waals surface area contributed by atoms with Crippen molar-refractivity contribution in [3.05, 3.63) is 12.7 Å². The summed E-state index contributed by atoms with van der Waals surface area (Å²) in [6.07, 6.45) is 4.44. The molecule has 14 heavy (non-hydrogen) atoms. The molecule has 0 fully saturated rings. The van der Waals surface area contributed by atoms with Crippen molar-refractivity contribution in [2.75, 3.05) is 0 Å². The Bertz CT molecular complexity index is 191. The molecule has 1 unspecified atom stereocenters. The van der Waals surface area contributed by atoms with Crippen LogP contribution in [0.4, 0.5) is 0 Å². The second kappa shape index (κ2) is 6.17. The summed E-state index contributed by atoms with van der Waals surface area (Å²) < 4.78 is 0. The SMILES string of the molecule is C=CC(CCC(=O)CC)C[Si](C)(C)C. The minimum atomic E-state index is -1.01. The Labute approximate surface area is 89.6 Å². The van der Waals surface area contributed by atoms with Gasteiger partial charge in [0.05, 0.1) is 0 Å². The maximum atomic E-state index is 11.2. The molecule has 1 atom stereocenters. The fourth-order valence-corrected chi connectivity index (χ4v) is 3.56. The van der Waals surface area contributed by atoms with E-state index in [1.807, 2.05) is 13.0 Å². The first-order valence-corrected chi connectivity index (χ1v) is 9.24. The first-order valence-electron chi connectivity index (χ1n) is 5.53. The summed E-state index contributed by atoms with van der Waals surface area (Å²) in [5.74, 6) is 0.935. The van der Waals surface area contributed by atoms with Crippen LogP contribution in [0.3, 0.4) is 0 Å². The van der Waals surface area contributed by atoms with Crippen molar-refractivity contribution < 1.29 is 4.79 Å². The molecule has 0 rings (SSSR count). The van der Waals surface area contributed by atoms with Gasteiger partial charge in [0.25, 0.3) is 0 Å². The van der Waals surface area contributed by atoms with Crippen molar-refractivity contribution in [3.63, 3.8) is 0 Å². The Morgan fingerprint density at radius 1 is 1.43 bits per heavy atom. The quantitative estimate of drug-likeness (QED) is 0.462. The summed E-state index contributed by atoms with van der Waals surface area (Å²) in [5.41, 5.74) is 0. The number of carbonyl (C=O) groups excluding carboxylic acids is 1. The highest BCUT2D eigenvalue weighted by Crippen LogP contribution is 2.22. The smallest absolute Gasteiger partial charge is 0.132 e.